The Balaban J connectivity index is 1.11. The van der Waals surface area contributed by atoms with Crippen LogP contribution in [0.4, 0.5) is 5.00 Å². The summed E-state index contributed by atoms with van der Waals surface area (Å²) < 4.78 is 3.83. The molecule has 2 heterocycles. The van der Waals surface area contributed by atoms with Crippen molar-refractivity contribution < 1.29 is 0 Å². The minimum Gasteiger partial charge on any atom is -0.333 e. The predicted octanol–water partition coefficient (Wildman–Crippen LogP) is 15.1. The van der Waals surface area contributed by atoms with Crippen LogP contribution in [0, 0.1) is 0 Å². The van der Waals surface area contributed by atoms with Crippen LogP contribution in [0.3, 0.4) is 0 Å². The number of nitrogens with zero attached hydrogens (tertiary/aromatic N) is 2. The second-order valence-electron chi connectivity index (χ2n) is 15.7. The summed E-state index contributed by atoms with van der Waals surface area (Å²) in [4.78, 5) is 5.75. The molecule has 0 radical (unpaired) electrons. The van der Waals surface area contributed by atoms with Gasteiger partial charge in [0.25, 0.3) is 0 Å². The van der Waals surface area contributed by atoms with E-state index in [1.165, 1.54) is 87.2 Å². The van der Waals surface area contributed by atoms with Gasteiger partial charge < -0.3 is 4.57 Å². The van der Waals surface area contributed by atoms with Crippen LogP contribution in [0.2, 0.25) is 0 Å². The Morgan fingerprint density at radius 1 is 0.569 bits per heavy atom. The molecule has 0 saturated heterocycles. The summed E-state index contributed by atoms with van der Waals surface area (Å²) in [6.07, 6.45) is 1.88. The van der Waals surface area contributed by atoms with E-state index in [2.05, 4.69) is 206 Å². The lowest BCUT2D eigenvalue weighted by molar-refractivity contribution is 0.693. The average molecular weight is 763 g/mol. The molecule has 1 aliphatic carbocycles. The van der Waals surface area contributed by atoms with E-state index in [0.29, 0.717) is 0 Å². The topological polar surface area (TPSA) is 17.3 Å². The van der Waals surface area contributed by atoms with Gasteiger partial charge in [0.15, 0.2) is 0 Å². The molecule has 0 spiro atoms. The van der Waals surface area contributed by atoms with Gasteiger partial charge in [0.05, 0.1) is 17.0 Å². The second-order valence-corrected chi connectivity index (χ2v) is 16.7. The van der Waals surface area contributed by atoms with Crippen LogP contribution >= 0.6 is 11.3 Å². The first kappa shape index (κ1) is 34.7. The van der Waals surface area contributed by atoms with Crippen molar-refractivity contribution in [1.29, 1.82) is 0 Å². The minimum absolute atomic E-state index is 0.0330. The zero-order valence-electron chi connectivity index (χ0n) is 32.7. The van der Waals surface area contributed by atoms with Gasteiger partial charge in [-0.15, -0.1) is 11.3 Å². The summed E-state index contributed by atoms with van der Waals surface area (Å²) in [6, 6.07) is 69.6. The first-order chi connectivity index (χ1) is 28.6. The van der Waals surface area contributed by atoms with E-state index in [-0.39, 0.29) is 6.04 Å². The van der Waals surface area contributed by atoms with Gasteiger partial charge in [0, 0.05) is 32.3 Å². The molecule has 8 aromatic carbocycles. The highest BCUT2D eigenvalue weighted by Gasteiger charge is 2.46. The zero-order valence-corrected chi connectivity index (χ0v) is 33.5. The van der Waals surface area contributed by atoms with E-state index in [9.17, 15) is 0 Å². The third-order valence-electron chi connectivity index (χ3n) is 12.5. The van der Waals surface area contributed by atoms with Crippen LogP contribution < -0.4 is 0 Å². The predicted molar refractivity (Wildman–Crippen MR) is 247 cm³/mol. The van der Waals surface area contributed by atoms with E-state index in [1.54, 1.807) is 0 Å². The third-order valence-corrected chi connectivity index (χ3v) is 13.6. The van der Waals surface area contributed by atoms with Crippen LogP contribution in [0.15, 0.2) is 193 Å². The molecule has 0 amide bonds. The largest absolute Gasteiger partial charge is 0.333 e. The maximum absolute atomic E-state index is 5.75. The van der Waals surface area contributed by atoms with Gasteiger partial charge in [-0.3, -0.25) is 0 Å². The molecule has 2 aromatic heterocycles. The van der Waals surface area contributed by atoms with Crippen LogP contribution in [-0.2, 0) is 5.41 Å². The molecule has 1 aliphatic rings. The molecule has 3 heteroatoms. The van der Waals surface area contributed by atoms with Gasteiger partial charge in [-0.25, -0.2) is 4.99 Å². The second kappa shape index (κ2) is 13.8. The summed E-state index contributed by atoms with van der Waals surface area (Å²) in [5.74, 6) is 0. The van der Waals surface area contributed by atoms with E-state index >= 15 is 0 Å². The number of aliphatic imine (C=N–C) groups is 1. The quantitative estimate of drug-likeness (QED) is 0.137. The Labute approximate surface area is 343 Å². The number of rotatable bonds is 8. The number of benzene rings is 8. The molecule has 1 atom stereocenters. The Kier molecular flexibility index (Phi) is 8.27. The Morgan fingerprint density at radius 2 is 1.19 bits per heavy atom. The molecule has 58 heavy (non-hydrogen) atoms. The van der Waals surface area contributed by atoms with Crippen LogP contribution in [0.5, 0.6) is 0 Å². The number of fused-ring (bicyclic) bond motifs is 8. The number of para-hydroxylation sites is 1. The lowest BCUT2D eigenvalue weighted by atomic mass is 9.67. The molecule has 11 rings (SSSR count). The van der Waals surface area contributed by atoms with Crippen molar-refractivity contribution >= 4 is 64.7 Å². The fourth-order valence-electron chi connectivity index (χ4n) is 10.0. The van der Waals surface area contributed by atoms with Gasteiger partial charge in [0.1, 0.15) is 5.00 Å². The summed E-state index contributed by atoms with van der Waals surface area (Å²) in [7, 11) is 0. The number of aromatic nitrogens is 1. The van der Waals surface area contributed by atoms with Gasteiger partial charge in [-0.1, -0.05) is 171 Å². The van der Waals surface area contributed by atoms with Crippen molar-refractivity contribution in [1.82, 2.24) is 4.57 Å². The summed E-state index contributed by atoms with van der Waals surface area (Å²) in [5.41, 5.74) is 13.5. The molecule has 1 unspecified atom stereocenters. The summed E-state index contributed by atoms with van der Waals surface area (Å²) >= 11 is 1.82. The average Bonchev–Trinajstić information content (AvgIpc) is 3.91. The van der Waals surface area contributed by atoms with Crippen LogP contribution in [0.25, 0.3) is 53.8 Å². The highest BCUT2D eigenvalue weighted by atomic mass is 32.1. The monoisotopic (exact) mass is 762 g/mol. The zero-order chi connectivity index (χ0) is 38.8. The first-order valence-corrected chi connectivity index (χ1v) is 21.3. The molecule has 10 aromatic rings. The van der Waals surface area contributed by atoms with Crippen molar-refractivity contribution in [2.45, 2.75) is 38.1 Å². The molecule has 0 bridgehead atoms. The molecule has 2 nitrogen and oxygen atoms in total. The molecular formula is C55H42N2S. The lowest BCUT2D eigenvalue weighted by Crippen LogP contribution is -2.28. The molecule has 0 N–H and O–H groups in total. The fourth-order valence-corrected chi connectivity index (χ4v) is 11.2. The van der Waals surface area contributed by atoms with E-state index in [1.807, 2.05) is 11.3 Å². The first-order valence-electron chi connectivity index (χ1n) is 20.5. The van der Waals surface area contributed by atoms with Crippen molar-refractivity contribution in [3.8, 4) is 11.1 Å². The van der Waals surface area contributed by atoms with Gasteiger partial charge in [-0.2, -0.15) is 0 Å². The lowest BCUT2D eigenvalue weighted by Gasteiger charge is -2.33. The number of hydrogen-bond acceptors (Lipinski definition) is 2. The molecular weight excluding hydrogens is 721 g/mol. The Hall–Kier alpha value is -6.55. The normalized spacial score (nSPS) is 14.0. The van der Waals surface area contributed by atoms with E-state index < -0.39 is 5.41 Å². The smallest absolute Gasteiger partial charge is 0.122 e. The Bertz CT molecular complexity index is 3160. The minimum atomic E-state index is -0.420. The summed E-state index contributed by atoms with van der Waals surface area (Å²) in [6.45, 7) is 4.64. The van der Waals surface area contributed by atoms with Crippen molar-refractivity contribution in [2.75, 3.05) is 0 Å². The van der Waals surface area contributed by atoms with Crippen molar-refractivity contribution in [3.63, 3.8) is 0 Å². The van der Waals surface area contributed by atoms with E-state index in [4.69, 9.17) is 4.99 Å². The van der Waals surface area contributed by atoms with Crippen molar-refractivity contribution in [3.05, 3.63) is 221 Å². The van der Waals surface area contributed by atoms with Gasteiger partial charge >= 0.3 is 0 Å². The van der Waals surface area contributed by atoms with Crippen LogP contribution in [0.1, 0.15) is 66.1 Å². The molecule has 0 aliphatic heterocycles. The maximum atomic E-state index is 5.75. The van der Waals surface area contributed by atoms with E-state index in [0.717, 1.165) is 23.6 Å². The third kappa shape index (κ3) is 5.20. The van der Waals surface area contributed by atoms with Crippen LogP contribution in [-0.4, -0.2) is 10.3 Å². The Morgan fingerprint density at radius 3 is 1.95 bits per heavy atom. The van der Waals surface area contributed by atoms with Crippen molar-refractivity contribution in [2.24, 2.45) is 4.99 Å². The number of hydrogen-bond donors (Lipinski definition) is 0. The number of thiophene rings is 1. The standard InChI is InChI=1S/C55H42N2S/c1-3-18-49(39-31-32-48-45(34-39)42-25-12-15-28-47(42)55(48,40-21-6-4-7-22-40)41-23-8-5-9-24-41)56-54-53(44-27-14-17-30-52(44)58-54)36(2)57-50-29-16-13-26-43(50)46-33-37-19-10-11-20-38(37)35-51(46)57/h4-17,19-36H,3,18H2,1-2H3/b56-49+. The molecule has 0 saturated carbocycles. The SMILES string of the molecule is CCC/C(=N\c1sc2ccccc2c1C(C)n1c2ccccc2c2cc3ccccc3cc21)c1ccc2c(c1)-c1ccccc1C2(c1ccccc1)c1ccccc1. The van der Waals surface area contributed by atoms with Gasteiger partial charge in [-0.05, 0) is 98.8 Å². The highest BCUT2D eigenvalue weighted by molar-refractivity contribution is 7.22. The molecule has 278 valence electrons. The highest BCUT2D eigenvalue weighted by Crippen LogP contribution is 2.56. The summed E-state index contributed by atoms with van der Waals surface area (Å²) in [5, 5.41) is 7.46. The maximum Gasteiger partial charge on any atom is 0.122 e. The molecule has 0 fully saturated rings. The van der Waals surface area contributed by atoms with Gasteiger partial charge in [0.2, 0.25) is 0 Å². The fraction of sp³-hybridized carbons (Fsp3) is 0.109.